The van der Waals surface area contributed by atoms with E-state index in [0.29, 0.717) is 0 Å². The second-order valence-electron chi connectivity index (χ2n) is 4.98. The first-order valence-corrected chi connectivity index (χ1v) is 6.37. The summed E-state index contributed by atoms with van der Waals surface area (Å²) in [6.45, 7) is 3.80. The Morgan fingerprint density at radius 1 is 1.32 bits per heavy atom. The van der Waals surface area contributed by atoms with Crippen LogP contribution in [0.4, 0.5) is 5.82 Å². The lowest BCUT2D eigenvalue weighted by molar-refractivity contribution is 0.319. The van der Waals surface area contributed by atoms with Gasteiger partial charge in [0.15, 0.2) is 0 Å². The van der Waals surface area contributed by atoms with Gasteiger partial charge in [-0.1, -0.05) is 0 Å². The Bertz CT molecular complexity index is 553. The molecule has 1 N–H and O–H groups in total. The van der Waals surface area contributed by atoms with Crippen LogP contribution in [-0.2, 0) is 27.2 Å². The number of aryl methyl sites for hydroxylation is 3. The number of nitrogens with one attached hydrogen (secondary N) is 1. The van der Waals surface area contributed by atoms with Crippen molar-refractivity contribution in [3.05, 3.63) is 29.2 Å². The molecule has 0 amide bonds. The first-order valence-electron chi connectivity index (χ1n) is 6.37. The molecule has 0 radical (unpaired) electrons. The molecule has 0 aliphatic heterocycles. The first kappa shape index (κ1) is 13.6. The molecule has 0 unspecified atom stereocenters. The molecule has 0 aromatic carbocycles. The molecule has 2 aromatic heterocycles. The molecule has 0 saturated carbocycles. The summed E-state index contributed by atoms with van der Waals surface area (Å²) >= 11 is 0. The maximum Gasteiger partial charge on any atom is 0.128 e. The van der Waals surface area contributed by atoms with Gasteiger partial charge in [0, 0.05) is 51.6 Å². The number of hydrogen-bond donors (Lipinski definition) is 1. The number of anilines is 1. The Kier molecular flexibility index (Phi) is 3.90. The summed E-state index contributed by atoms with van der Waals surface area (Å²) in [6.07, 6.45) is 3.96. The predicted molar refractivity (Wildman–Crippen MR) is 75.9 cm³/mol. The van der Waals surface area contributed by atoms with Gasteiger partial charge in [0.05, 0.1) is 11.9 Å². The average Bonchev–Trinajstić information content (AvgIpc) is 2.84. The fraction of sp³-hybridized carbons (Fsp3) is 0.538. The fourth-order valence-electron chi connectivity index (χ4n) is 2.40. The second kappa shape index (κ2) is 5.44. The molecule has 19 heavy (non-hydrogen) atoms. The van der Waals surface area contributed by atoms with Gasteiger partial charge < -0.3 is 5.32 Å². The third kappa shape index (κ3) is 2.96. The zero-order valence-electron chi connectivity index (χ0n) is 12.3. The van der Waals surface area contributed by atoms with Crippen molar-refractivity contribution in [1.29, 1.82) is 0 Å². The van der Waals surface area contributed by atoms with Crippen molar-refractivity contribution in [2.45, 2.75) is 20.0 Å². The molecule has 2 heterocycles. The van der Waals surface area contributed by atoms with Crippen molar-refractivity contribution < 1.29 is 0 Å². The molecule has 6 nitrogen and oxygen atoms in total. The summed E-state index contributed by atoms with van der Waals surface area (Å²) in [5.41, 5.74) is 3.54. The third-order valence-corrected chi connectivity index (χ3v) is 3.22. The topological polar surface area (TPSA) is 50.9 Å². The van der Waals surface area contributed by atoms with Gasteiger partial charge >= 0.3 is 0 Å². The lowest BCUT2D eigenvalue weighted by Gasteiger charge is -2.16. The fourth-order valence-corrected chi connectivity index (χ4v) is 2.40. The van der Waals surface area contributed by atoms with Crippen molar-refractivity contribution in [3.8, 4) is 0 Å². The third-order valence-electron chi connectivity index (χ3n) is 3.22. The van der Waals surface area contributed by atoms with E-state index in [4.69, 9.17) is 0 Å². The van der Waals surface area contributed by atoms with Crippen LogP contribution in [-0.4, -0.2) is 38.6 Å². The quantitative estimate of drug-likeness (QED) is 0.878. The summed E-state index contributed by atoms with van der Waals surface area (Å²) in [4.78, 5) is 2.27. The summed E-state index contributed by atoms with van der Waals surface area (Å²) < 4.78 is 3.72. The highest BCUT2D eigenvalue weighted by molar-refractivity contribution is 5.46. The van der Waals surface area contributed by atoms with Crippen LogP contribution in [0.15, 0.2) is 12.4 Å². The summed E-state index contributed by atoms with van der Waals surface area (Å²) in [6, 6.07) is 0. The standard InChI is InChI=1S/C13H22N6/c1-10-12(13(14-2)19(5)16-10)9-17(3)7-11-6-15-18(4)8-11/h6,8,14H,7,9H2,1-5H3. The predicted octanol–water partition coefficient (Wildman–Crippen LogP) is 1.14. The van der Waals surface area contributed by atoms with Crippen molar-refractivity contribution >= 4 is 5.82 Å². The average molecular weight is 262 g/mol. The number of nitrogens with zero attached hydrogens (tertiary/aromatic N) is 5. The second-order valence-corrected chi connectivity index (χ2v) is 4.98. The van der Waals surface area contributed by atoms with Gasteiger partial charge in [-0.25, -0.2) is 0 Å². The van der Waals surface area contributed by atoms with Crippen LogP contribution in [0.1, 0.15) is 16.8 Å². The van der Waals surface area contributed by atoms with E-state index < -0.39 is 0 Å². The summed E-state index contributed by atoms with van der Waals surface area (Å²) in [7, 11) is 7.94. The maximum absolute atomic E-state index is 4.46. The molecule has 0 fully saturated rings. The van der Waals surface area contributed by atoms with Crippen LogP contribution in [0.5, 0.6) is 0 Å². The van der Waals surface area contributed by atoms with Gasteiger partial charge in [0.1, 0.15) is 5.82 Å². The number of hydrogen-bond acceptors (Lipinski definition) is 4. The monoisotopic (exact) mass is 262 g/mol. The van der Waals surface area contributed by atoms with Crippen LogP contribution in [0.25, 0.3) is 0 Å². The van der Waals surface area contributed by atoms with Gasteiger partial charge in [-0.2, -0.15) is 10.2 Å². The minimum Gasteiger partial charge on any atom is -0.373 e. The van der Waals surface area contributed by atoms with Crippen LogP contribution >= 0.6 is 0 Å². The van der Waals surface area contributed by atoms with E-state index in [1.807, 2.05) is 49.8 Å². The molecule has 2 rings (SSSR count). The Labute approximate surface area is 114 Å². The molecule has 0 saturated heterocycles. The molecular weight excluding hydrogens is 240 g/mol. The molecule has 0 bridgehead atoms. The number of aromatic nitrogens is 4. The molecule has 104 valence electrons. The molecule has 6 heteroatoms. The smallest absolute Gasteiger partial charge is 0.128 e. The Morgan fingerprint density at radius 2 is 2.05 bits per heavy atom. The highest BCUT2D eigenvalue weighted by Crippen LogP contribution is 2.20. The Hall–Kier alpha value is -1.82. The van der Waals surface area contributed by atoms with Crippen molar-refractivity contribution in [1.82, 2.24) is 24.5 Å². The van der Waals surface area contributed by atoms with Gasteiger partial charge in [0.25, 0.3) is 0 Å². The maximum atomic E-state index is 4.46. The molecule has 2 aromatic rings. The zero-order chi connectivity index (χ0) is 14.0. The molecular formula is C13H22N6. The van der Waals surface area contributed by atoms with Crippen LogP contribution in [0, 0.1) is 6.92 Å². The van der Waals surface area contributed by atoms with Crippen molar-refractivity contribution in [2.75, 3.05) is 19.4 Å². The number of rotatable bonds is 5. The van der Waals surface area contributed by atoms with Gasteiger partial charge in [-0.3, -0.25) is 14.3 Å². The largest absolute Gasteiger partial charge is 0.373 e. The van der Waals surface area contributed by atoms with E-state index in [-0.39, 0.29) is 0 Å². The van der Waals surface area contributed by atoms with Crippen LogP contribution in [0.2, 0.25) is 0 Å². The minimum atomic E-state index is 0.866. The molecule has 0 aliphatic carbocycles. The lowest BCUT2D eigenvalue weighted by atomic mass is 10.2. The van der Waals surface area contributed by atoms with Gasteiger partial charge in [0.2, 0.25) is 0 Å². The summed E-state index contributed by atoms with van der Waals surface area (Å²) in [5.74, 6) is 1.08. The minimum absolute atomic E-state index is 0.866. The van der Waals surface area contributed by atoms with Crippen LogP contribution in [0.3, 0.4) is 0 Å². The van der Waals surface area contributed by atoms with Gasteiger partial charge in [-0.15, -0.1) is 0 Å². The molecule has 0 aliphatic rings. The van der Waals surface area contributed by atoms with E-state index in [1.165, 1.54) is 11.1 Å². The van der Waals surface area contributed by atoms with Gasteiger partial charge in [-0.05, 0) is 14.0 Å². The highest BCUT2D eigenvalue weighted by Gasteiger charge is 2.14. The Balaban J connectivity index is 2.08. The normalized spacial score (nSPS) is 11.3. The van der Waals surface area contributed by atoms with E-state index in [2.05, 4.69) is 27.5 Å². The molecule has 0 atom stereocenters. The highest BCUT2D eigenvalue weighted by atomic mass is 15.3. The lowest BCUT2D eigenvalue weighted by Crippen LogP contribution is -2.18. The molecule has 0 spiro atoms. The van der Waals surface area contributed by atoms with E-state index in [0.717, 1.165) is 24.6 Å². The van der Waals surface area contributed by atoms with Crippen molar-refractivity contribution in [3.63, 3.8) is 0 Å². The zero-order valence-corrected chi connectivity index (χ0v) is 12.3. The first-order chi connectivity index (χ1) is 9.01. The van der Waals surface area contributed by atoms with Crippen molar-refractivity contribution in [2.24, 2.45) is 14.1 Å². The van der Waals surface area contributed by atoms with E-state index in [9.17, 15) is 0 Å². The van der Waals surface area contributed by atoms with E-state index >= 15 is 0 Å². The van der Waals surface area contributed by atoms with E-state index in [1.54, 1.807) is 0 Å². The summed E-state index contributed by atoms with van der Waals surface area (Å²) in [5, 5.41) is 11.9. The SMILES string of the molecule is CNc1c(CN(C)Cc2cnn(C)c2)c(C)nn1C. The van der Waals surface area contributed by atoms with Crippen LogP contribution < -0.4 is 5.32 Å². The Morgan fingerprint density at radius 3 is 2.63 bits per heavy atom.